The standard InChI is InChI=1S/C16H20N2O2/c17-15(20)16-8-4-7-13(14(16)19)10-18(11-16)9-12-5-2-1-3-6-12/h1-3,5-6,13H,4,7-11H2,(H2,17,20). The zero-order chi connectivity index (χ0) is 14.2. The van der Waals surface area contributed by atoms with Crippen molar-refractivity contribution in [3.63, 3.8) is 0 Å². The van der Waals surface area contributed by atoms with E-state index in [0.717, 1.165) is 25.9 Å². The van der Waals surface area contributed by atoms with Crippen LogP contribution in [0.2, 0.25) is 0 Å². The predicted molar refractivity (Wildman–Crippen MR) is 75.7 cm³/mol. The number of carbonyl (C=O) groups excluding carboxylic acids is 2. The molecule has 20 heavy (non-hydrogen) atoms. The minimum atomic E-state index is -0.935. The Morgan fingerprint density at radius 3 is 2.80 bits per heavy atom. The van der Waals surface area contributed by atoms with Gasteiger partial charge >= 0.3 is 0 Å². The first-order chi connectivity index (χ1) is 9.62. The molecule has 1 aromatic rings. The van der Waals surface area contributed by atoms with Gasteiger partial charge in [0.15, 0.2) is 5.78 Å². The van der Waals surface area contributed by atoms with Crippen molar-refractivity contribution in [1.82, 2.24) is 4.90 Å². The number of nitrogens with zero attached hydrogens (tertiary/aromatic N) is 1. The van der Waals surface area contributed by atoms with Crippen LogP contribution in [0.15, 0.2) is 30.3 Å². The Morgan fingerprint density at radius 2 is 2.10 bits per heavy atom. The van der Waals surface area contributed by atoms with E-state index in [-0.39, 0.29) is 11.7 Å². The minimum Gasteiger partial charge on any atom is -0.369 e. The van der Waals surface area contributed by atoms with Gasteiger partial charge in [0.05, 0.1) is 0 Å². The van der Waals surface area contributed by atoms with E-state index in [9.17, 15) is 9.59 Å². The van der Waals surface area contributed by atoms with Crippen molar-refractivity contribution in [2.24, 2.45) is 17.1 Å². The number of fused-ring (bicyclic) bond motifs is 2. The average molecular weight is 272 g/mol. The van der Waals surface area contributed by atoms with E-state index in [0.29, 0.717) is 13.0 Å². The Hall–Kier alpha value is -1.68. The summed E-state index contributed by atoms with van der Waals surface area (Å²) in [6, 6.07) is 10.2. The molecule has 0 radical (unpaired) electrons. The summed E-state index contributed by atoms with van der Waals surface area (Å²) in [6.07, 6.45) is 2.43. The molecule has 3 rings (SSSR count). The Labute approximate surface area is 118 Å². The van der Waals surface area contributed by atoms with Gasteiger partial charge in [-0.05, 0) is 18.4 Å². The third-order valence-corrected chi connectivity index (χ3v) is 4.69. The van der Waals surface area contributed by atoms with Crippen LogP contribution in [-0.2, 0) is 16.1 Å². The highest BCUT2D eigenvalue weighted by atomic mass is 16.2. The fourth-order valence-corrected chi connectivity index (χ4v) is 3.67. The Kier molecular flexibility index (Phi) is 3.34. The molecule has 2 fully saturated rings. The van der Waals surface area contributed by atoms with Gasteiger partial charge in [-0.2, -0.15) is 0 Å². The second kappa shape index (κ2) is 5.02. The summed E-state index contributed by atoms with van der Waals surface area (Å²) in [4.78, 5) is 26.5. The molecule has 0 aromatic heterocycles. The molecule has 2 aliphatic rings. The van der Waals surface area contributed by atoms with Gasteiger partial charge in [-0.1, -0.05) is 36.8 Å². The van der Waals surface area contributed by atoms with Gasteiger partial charge < -0.3 is 5.73 Å². The highest BCUT2D eigenvalue weighted by Gasteiger charge is 2.53. The Balaban J connectivity index is 1.82. The minimum absolute atomic E-state index is 0.0197. The third kappa shape index (κ3) is 2.14. The number of nitrogens with two attached hydrogens (primary N) is 1. The largest absolute Gasteiger partial charge is 0.369 e. The van der Waals surface area contributed by atoms with E-state index in [4.69, 9.17) is 5.73 Å². The predicted octanol–water partition coefficient (Wildman–Crippen LogP) is 1.34. The van der Waals surface area contributed by atoms with E-state index in [1.54, 1.807) is 0 Å². The summed E-state index contributed by atoms with van der Waals surface area (Å²) in [5.41, 5.74) is 5.84. The van der Waals surface area contributed by atoms with Crippen LogP contribution >= 0.6 is 0 Å². The SMILES string of the molecule is NC(=O)C12CCCC(CN(Cc3ccccc3)C1)C2=O. The van der Waals surface area contributed by atoms with E-state index in [1.165, 1.54) is 5.56 Å². The number of benzene rings is 1. The normalized spacial score (nSPS) is 30.2. The molecule has 1 aliphatic heterocycles. The lowest BCUT2D eigenvalue weighted by Crippen LogP contribution is -2.61. The fraction of sp³-hybridized carbons (Fsp3) is 0.500. The fourth-order valence-electron chi connectivity index (χ4n) is 3.67. The second-order valence-electron chi connectivity index (χ2n) is 6.05. The van der Waals surface area contributed by atoms with Gasteiger partial charge in [-0.15, -0.1) is 0 Å². The first-order valence-corrected chi connectivity index (χ1v) is 7.22. The lowest BCUT2D eigenvalue weighted by molar-refractivity contribution is -0.153. The molecule has 2 unspecified atom stereocenters. The summed E-state index contributed by atoms with van der Waals surface area (Å²) in [6.45, 7) is 2.01. The zero-order valence-electron chi connectivity index (χ0n) is 11.5. The van der Waals surface area contributed by atoms with Crippen LogP contribution in [0.1, 0.15) is 24.8 Å². The zero-order valence-corrected chi connectivity index (χ0v) is 11.5. The summed E-state index contributed by atoms with van der Waals surface area (Å²) in [5.74, 6) is -0.376. The average Bonchev–Trinajstić information content (AvgIpc) is 2.41. The molecule has 1 heterocycles. The number of carbonyl (C=O) groups is 2. The number of hydrogen-bond donors (Lipinski definition) is 1. The highest BCUT2D eigenvalue weighted by Crippen LogP contribution is 2.41. The molecule has 2 atom stereocenters. The lowest BCUT2D eigenvalue weighted by Gasteiger charge is -2.46. The number of likely N-dealkylation sites (tertiary alicyclic amines) is 1. The van der Waals surface area contributed by atoms with Crippen molar-refractivity contribution in [3.8, 4) is 0 Å². The van der Waals surface area contributed by atoms with Crippen LogP contribution in [0.3, 0.4) is 0 Å². The molecule has 1 amide bonds. The number of amides is 1. The number of primary amides is 1. The lowest BCUT2D eigenvalue weighted by atomic mass is 9.65. The smallest absolute Gasteiger partial charge is 0.232 e. The van der Waals surface area contributed by atoms with Crippen molar-refractivity contribution in [1.29, 1.82) is 0 Å². The maximum atomic E-state index is 12.4. The van der Waals surface area contributed by atoms with E-state index < -0.39 is 11.3 Å². The Morgan fingerprint density at radius 1 is 1.35 bits per heavy atom. The van der Waals surface area contributed by atoms with Crippen LogP contribution in [0.5, 0.6) is 0 Å². The van der Waals surface area contributed by atoms with Crippen molar-refractivity contribution < 1.29 is 9.59 Å². The number of hydrogen-bond acceptors (Lipinski definition) is 3. The number of piperidine rings is 1. The van der Waals surface area contributed by atoms with Gasteiger partial charge in [0.25, 0.3) is 0 Å². The van der Waals surface area contributed by atoms with Crippen LogP contribution in [0.25, 0.3) is 0 Å². The molecule has 2 N–H and O–H groups in total. The maximum Gasteiger partial charge on any atom is 0.232 e. The number of ketones is 1. The van der Waals surface area contributed by atoms with Gasteiger partial charge in [0, 0.05) is 25.6 Å². The molecule has 4 heteroatoms. The monoisotopic (exact) mass is 272 g/mol. The molecule has 2 bridgehead atoms. The van der Waals surface area contributed by atoms with Gasteiger partial charge in [-0.25, -0.2) is 0 Å². The van der Waals surface area contributed by atoms with Crippen LogP contribution in [0.4, 0.5) is 0 Å². The van der Waals surface area contributed by atoms with Crippen molar-refractivity contribution in [2.45, 2.75) is 25.8 Å². The van der Waals surface area contributed by atoms with E-state index >= 15 is 0 Å². The summed E-state index contributed by atoms with van der Waals surface area (Å²) >= 11 is 0. The van der Waals surface area contributed by atoms with Crippen LogP contribution in [-0.4, -0.2) is 29.7 Å². The van der Waals surface area contributed by atoms with Crippen LogP contribution in [0, 0.1) is 11.3 Å². The van der Waals surface area contributed by atoms with E-state index in [2.05, 4.69) is 17.0 Å². The molecular weight excluding hydrogens is 252 g/mol. The third-order valence-electron chi connectivity index (χ3n) is 4.69. The molecule has 1 aliphatic carbocycles. The van der Waals surface area contributed by atoms with E-state index in [1.807, 2.05) is 18.2 Å². The summed E-state index contributed by atoms with van der Waals surface area (Å²) in [7, 11) is 0. The molecule has 1 saturated heterocycles. The molecular formula is C16H20N2O2. The van der Waals surface area contributed by atoms with Crippen molar-refractivity contribution in [2.75, 3.05) is 13.1 Å². The first kappa shape index (κ1) is 13.3. The summed E-state index contributed by atoms with van der Waals surface area (Å²) < 4.78 is 0. The topological polar surface area (TPSA) is 63.4 Å². The Bertz CT molecular complexity index is 529. The van der Waals surface area contributed by atoms with Crippen molar-refractivity contribution in [3.05, 3.63) is 35.9 Å². The number of rotatable bonds is 3. The first-order valence-electron chi connectivity index (χ1n) is 7.22. The summed E-state index contributed by atoms with van der Waals surface area (Å²) in [5, 5.41) is 0. The maximum absolute atomic E-state index is 12.4. The second-order valence-corrected chi connectivity index (χ2v) is 6.05. The van der Waals surface area contributed by atoms with Crippen LogP contribution < -0.4 is 5.73 Å². The van der Waals surface area contributed by atoms with Gasteiger partial charge in [0.1, 0.15) is 5.41 Å². The number of Topliss-reactive ketones (excluding diaryl/α,β-unsaturated/α-hetero) is 1. The van der Waals surface area contributed by atoms with Crippen molar-refractivity contribution >= 4 is 11.7 Å². The molecule has 1 aromatic carbocycles. The molecule has 1 saturated carbocycles. The molecule has 106 valence electrons. The van der Waals surface area contributed by atoms with Gasteiger partial charge in [-0.3, -0.25) is 14.5 Å². The highest BCUT2D eigenvalue weighted by molar-refractivity contribution is 6.07. The van der Waals surface area contributed by atoms with Gasteiger partial charge in [0.2, 0.25) is 5.91 Å². The molecule has 0 spiro atoms. The molecule has 4 nitrogen and oxygen atoms in total. The quantitative estimate of drug-likeness (QED) is 0.845.